The van der Waals surface area contributed by atoms with Crippen molar-refractivity contribution < 1.29 is 55.7 Å². The van der Waals surface area contributed by atoms with Gasteiger partial charge < -0.3 is 59.1 Å². The van der Waals surface area contributed by atoms with Crippen LogP contribution in [0.15, 0.2) is 60.4 Å². The smallest absolute Gasteiger partial charge is 0.407 e. The zero-order valence-electron chi connectivity index (χ0n) is 46.9. The van der Waals surface area contributed by atoms with Crippen molar-refractivity contribution in [1.29, 1.82) is 0 Å². The summed E-state index contributed by atoms with van der Waals surface area (Å²) in [6.07, 6.45) is 6.95. The van der Waals surface area contributed by atoms with Gasteiger partial charge in [0.2, 0.25) is 11.8 Å². The Morgan fingerprint density at radius 2 is 1.23 bits per heavy atom. The molecule has 6 aliphatic heterocycles. The molecule has 22 heteroatoms. The quantitative estimate of drug-likeness (QED) is 0.0816. The van der Waals surface area contributed by atoms with Gasteiger partial charge in [0, 0.05) is 82.2 Å². The third-order valence-corrected chi connectivity index (χ3v) is 18.8. The minimum Gasteiger partial charge on any atom is -0.453 e. The molecule has 7 atom stereocenters. The van der Waals surface area contributed by atoms with E-state index in [2.05, 4.69) is 32.7 Å². The number of nitrogens with one attached hydrogen (secondary N) is 4. The molecule has 0 saturated carbocycles. The highest BCUT2D eigenvalue weighted by Gasteiger charge is 2.46. The van der Waals surface area contributed by atoms with E-state index in [4.69, 9.17) is 28.9 Å². The van der Waals surface area contributed by atoms with Crippen molar-refractivity contribution >= 4 is 52.5 Å². The number of hydrogen-bond donors (Lipinski definition) is 4. The van der Waals surface area contributed by atoms with E-state index in [1.54, 1.807) is 25.7 Å². The molecule has 2 aromatic heterocycles. The van der Waals surface area contributed by atoms with Gasteiger partial charge in [0.05, 0.1) is 54.8 Å². The molecule has 4 amide bonds. The third-order valence-electron chi connectivity index (χ3n) is 18.8. The minimum absolute atomic E-state index is 0.0993. The molecule has 442 valence electrons. The number of amides is 4. The lowest BCUT2D eigenvalue weighted by atomic mass is 9.87. The number of ether oxygens (including phenoxy) is 4. The largest absolute Gasteiger partial charge is 0.453 e. The summed E-state index contributed by atoms with van der Waals surface area (Å²) in [7, 11) is 2.51. The van der Waals surface area contributed by atoms with Crippen LogP contribution in [0.25, 0.3) is 17.1 Å². The van der Waals surface area contributed by atoms with E-state index < -0.39 is 77.6 Å². The minimum atomic E-state index is -0.872. The van der Waals surface area contributed by atoms with Gasteiger partial charge in [-0.2, -0.15) is 0 Å². The number of nitrogens with zero attached hydrogens (tertiary/aromatic N) is 6. The number of fused-ring (bicyclic) bond motifs is 2. The van der Waals surface area contributed by atoms with E-state index in [1.807, 2.05) is 18.2 Å². The Bertz CT molecular complexity index is 3210. The van der Waals surface area contributed by atoms with Crippen LogP contribution in [-0.4, -0.2) is 139 Å². The summed E-state index contributed by atoms with van der Waals surface area (Å²) in [6, 6.07) is 11.4. The van der Waals surface area contributed by atoms with Crippen LogP contribution in [0.4, 0.5) is 38.5 Å². The first kappa shape index (κ1) is 56.3. The van der Waals surface area contributed by atoms with Crippen LogP contribution >= 0.6 is 0 Å². The number of rotatable bonds is 13. The van der Waals surface area contributed by atoms with Crippen molar-refractivity contribution in [2.75, 3.05) is 76.6 Å². The van der Waals surface area contributed by atoms with Crippen LogP contribution in [-0.2, 0) is 35.0 Å². The lowest BCUT2D eigenvalue weighted by molar-refractivity contribution is -0.137. The summed E-state index contributed by atoms with van der Waals surface area (Å²) >= 11 is 0. The van der Waals surface area contributed by atoms with Crippen LogP contribution < -0.4 is 20.4 Å². The highest BCUT2D eigenvalue weighted by Crippen LogP contribution is 2.49. The number of halogens is 4. The van der Waals surface area contributed by atoms with E-state index in [9.17, 15) is 19.2 Å². The molecule has 1 aliphatic carbocycles. The number of carbonyl (C=O) groups is 4. The molecule has 1 unspecified atom stereocenters. The van der Waals surface area contributed by atoms with Crippen LogP contribution in [0, 0.1) is 35.2 Å². The van der Waals surface area contributed by atoms with Crippen molar-refractivity contribution in [3.63, 3.8) is 0 Å². The number of carbonyl (C=O) groups excluding carboxylic acids is 4. The fraction of sp³-hybridized carbons (Fsp3) is 0.541. The van der Waals surface area contributed by atoms with Crippen LogP contribution in [0.3, 0.4) is 0 Å². The molecular formula is C61H72F4N10O8. The van der Waals surface area contributed by atoms with Gasteiger partial charge in [-0.05, 0) is 131 Å². The Kier molecular flexibility index (Phi) is 16.4. The Labute approximate surface area is 479 Å². The molecule has 5 aromatic rings. The summed E-state index contributed by atoms with van der Waals surface area (Å²) in [5.41, 5.74) is 3.21. The Morgan fingerprint density at radius 3 is 1.81 bits per heavy atom. The fourth-order valence-electron chi connectivity index (χ4n) is 14.5. The van der Waals surface area contributed by atoms with Crippen LogP contribution in [0.2, 0.25) is 0 Å². The van der Waals surface area contributed by atoms with Crippen molar-refractivity contribution in [3.8, 4) is 0 Å². The molecular weight excluding hydrogens is 1080 g/mol. The van der Waals surface area contributed by atoms with Gasteiger partial charge >= 0.3 is 12.2 Å². The highest BCUT2D eigenvalue weighted by molar-refractivity contribution is 5.87. The van der Waals surface area contributed by atoms with Gasteiger partial charge in [-0.3, -0.25) is 9.59 Å². The molecule has 18 nitrogen and oxygen atoms in total. The standard InChI is InChI=1S/C61H72F4N10O8/c1-80-60(78)70-53(36-16-24-82-25-17-36)58(76)73-20-6-10-51(73)56-66-45-30-39(41(62)32-47(45)68-56)49-12-13-50(75(49)38-28-43(64)55(44(65)29-38)72-22-14-35(15-23-72)34-8-4-3-5-9-34)40-31-46-48(33-42(40)63)69-57(67-46)52-11-7-21-74(52)59(77)54(71-61(79)81-2)37-18-26-83-27-19-37/h3-5,8-9,28-30,32-33,35-37,40,49-54H,6-7,10-27,31H2,1-2H3,(H,66,68)(H,67,69)(H,70,78)(H,71,79)/t40?,49-,50-,51+,52+,53+,54+/m1/s1. The Hall–Kier alpha value is -7.20. The Balaban J connectivity index is 0.846. The molecule has 8 heterocycles. The van der Waals surface area contributed by atoms with Crippen molar-refractivity contribution in [3.05, 3.63) is 112 Å². The van der Waals surface area contributed by atoms with E-state index in [1.165, 1.54) is 44.1 Å². The number of aromatic nitrogens is 4. The molecule has 7 aliphatic rings. The summed E-state index contributed by atoms with van der Waals surface area (Å²) in [4.78, 5) is 77.6. The molecule has 0 spiro atoms. The molecule has 83 heavy (non-hydrogen) atoms. The number of imidazole rings is 2. The van der Waals surface area contributed by atoms with E-state index in [0.717, 1.165) is 0 Å². The SMILES string of the molecule is COC(=O)N[C@H](C(=O)N1CCC[C@H]1c1nc2c([nH]1)C=C(F)C([C@H]1CC[C@H](c3cc4nc([C@@H]5CCCN5C(=O)[C@@H](NC(=O)OC)C5CCOCC5)[nH]c4cc3F)N1c1cc(F)c(N3CCC(c4ccccc4)CC3)c(F)c1)C2)C1CCOCC1. The van der Waals surface area contributed by atoms with Gasteiger partial charge in [0.1, 0.15) is 41.1 Å². The van der Waals surface area contributed by atoms with Gasteiger partial charge in [-0.25, -0.2) is 37.1 Å². The second kappa shape index (κ2) is 24.2. The molecule has 3 aromatic carbocycles. The topological polar surface area (TPSA) is 200 Å². The molecule has 12 rings (SSSR count). The maximum atomic E-state index is 17.2. The second-order valence-corrected chi connectivity index (χ2v) is 23.3. The summed E-state index contributed by atoms with van der Waals surface area (Å²) in [5, 5.41) is 5.56. The second-order valence-electron chi connectivity index (χ2n) is 23.3. The lowest BCUT2D eigenvalue weighted by Gasteiger charge is -2.38. The van der Waals surface area contributed by atoms with Gasteiger partial charge in [0.25, 0.3) is 0 Å². The number of benzene rings is 3. The Morgan fingerprint density at radius 1 is 0.651 bits per heavy atom. The first-order valence-electron chi connectivity index (χ1n) is 29.5. The lowest BCUT2D eigenvalue weighted by Crippen LogP contribution is -2.53. The zero-order chi connectivity index (χ0) is 57.5. The maximum absolute atomic E-state index is 17.2. The maximum Gasteiger partial charge on any atom is 0.407 e. The molecule has 6 saturated heterocycles. The summed E-state index contributed by atoms with van der Waals surface area (Å²) in [5.74, 6) is -3.18. The van der Waals surface area contributed by atoms with Crippen LogP contribution in [0.1, 0.15) is 135 Å². The van der Waals surface area contributed by atoms with Crippen molar-refractivity contribution in [1.82, 2.24) is 40.4 Å². The zero-order valence-corrected chi connectivity index (χ0v) is 46.9. The van der Waals surface area contributed by atoms with Gasteiger partial charge in [-0.15, -0.1) is 0 Å². The van der Waals surface area contributed by atoms with Gasteiger partial charge in [0.15, 0.2) is 11.6 Å². The third kappa shape index (κ3) is 11.2. The van der Waals surface area contributed by atoms with Crippen molar-refractivity contribution in [2.24, 2.45) is 17.8 Å². The first-order valence-corrected chi connectivity index (χ1v) is 29.5. The number of methoxy groups -OCH3 is 2. The van der Waals surface area contributed by atoms with Gasteiger partial charge in [-0.1, -0.05) is 30.3 Å². The van der Waals surface area contributed by atoms with E-state index in [0.29, 0.717) is 164 Å². The average Bonchev–Trinajstić information content (AvgIpc) is 4.59. The normalized spacial score (nSPS) is 24.4. The molecule has 0 radical (unpaired) electrons. The predicted octanol–water partition coefficient (Wildman–Crippen LogP) is 9.61. The number of alkyl carbamates (subject to hydrolysis) is 2. The van der Waals surface area contributed by atoms with Crippen LogP contribution in [0.5, 0.6) is 0 Å². The fourth-order valence-corrected chi connectivity index (χ4v) is 14.5. The monoisotopic (exact) mass is 1150 g/mol. The molecule has 0 bridgehead atoms. The number of likely N-dealkylation sites (tertiary alicyclic amines) is 2. The van der Waals surface area contributed by atoms with Crippen molar-refractivity contribution in [2.45, 2.75) is 126 Å². The number of H-pyrrole nitrogens is 2. The number of piperidine rings is 1. The predicted molar refractivity (Wildman–Crippen MR) is 299 cm³/mol. The average molecular weight is 1150 g/mol. The number of anilines is 2. The summed E-state index contributed by atoms with van der Waals surface area (Å²) < 4.78 is 89.2. The van der Waals surface area contributed by atoms with E-state index in [-0.39, 0.29) is 52.9 Å². The highest BCUT2D eigenvalue weighted by atomic mass is 19.1. The number of aromatic amines is 2. The number of hydrogen-bond acceptors (Lipinski definition) is 12. The molecule has 4 N–H and O–H groups in total. The van der Waals surface area contributed by atoms with E-state index >= 15 is 17.6 Å². The first-order chi connectivity index (χ1) is 40.3. The molecule has 6 fully saturated rings. The summed E-state index contributed by atoms with van der Waals surface area (Å²) in [6.45, 7) is 3.56.